The molecule has 1 fully saturated rings. The molecule has 2 aromatic heterocycles. The van der Waals surface area contributed by atoms with Crippen LogP contribution < -0.4 is 14.2 Å². The highest BCUT2D eigenvalue weighted by Gasteiger charge is 2.28. The number of fused-ring (bicyclic) bond motifs is 2. The number of aryl methyl sites for hydroxylation is 1. The normalized spacial score (nSPS) is 16.6. The SMILES string of the molecule is COc1cc2ncnc(Oc3ccc4[nH]c(C)cc4c3F)c2cc1OC(=O)N1CCN(C)CC1C. The number of nitrogens with one attached hydrogen (secondary N) is 1. The van der Waals surface area contributed by atoms with E-state index in [1.165, 1.54) is 13.4 Å². The Balaban J connectivity index is 1.49. The van der Waals surface area contributed by atoms with Gasteiger partial charge >= 0.3 is 6.09 Å². The van der Waals surface area contributed by atoms with Gasteiger partial charge in [-0.05, 0) is 45.2 Å². The molecule has 1 unspecified atom stereocenters. The standard InChI is InChI=1S/C25H26FN5O4/c1-14-9-16-18(29-14)5-6-20(23(16)26)34-24-17-10-22(21(33-4)11-19(17)27-13-28-24)35-25(32)31-8-7-30(3)12-15(31)2/h5-6,9-11,13,15,29H,7-8,12H2,1-4H3. The summed E-state index contributed by atoms with van der Waals surface area (Å²) in [5.41, 5.74) is 2.02. The summed E-state index contributed by atoms with van der Waals surface area (Å²) in [6.45, 7) is 5.91. The fourth-order valence-electron chi connectivity index (χ4n) is 4.40. The number of aromatic amines is 1. The summed E-state index contributed by atoms with van der Waals surface area (Å²) in [6.07, 6.45) is 0.855. The van der Waals surface area contributed by atoms with Crippen LogP contribution in [-0.4, -0.2) is 70.7 Å². The summed E-state index contributed by atoms with van der Waals surface area (Å²) in [4.78, 5) is 28.4. The maximum atomic E-state index is 15.1. The van der Waals surface area contributed by atoms with Crippen molar-refractivity contribution in [2.45, 2.75) is 19.9 Å². The molecular weight excluding hydrogens is 453 g/mol. The van der Waals surface area contributed by atoms with Crippen molar-refractivity contribution in [3.63, 3.8) is 0 Å². The summed E-state index contributed by atoms with van der Waals surface area (Å²) in [5.74, 6) is 0.203. The molecule has 0 radical (unpaired) electrons. The van der Waals surface area contributed by atoms with Crippen LogP contribution in [0.1, 0.15) is 12.6 Å². The average Bonchev–Trinajstić information content (AvgIpc) is 3.22. The molecular formula is C25H26FN5O4. The van der Waals surface area contributed by atoms with E-state index >= 15 is 4.39 Å². The fraction of sp³-hybridized carbons (Fsp3) is 0.320. The molecule has 1 amide bonds. The van der Waals surface area contributed by atoms with E-state index in [1.807, 2.05) is 20.9 Å². The molecule has 5 rings (SSSR count). The Kier molecular flexibility index (Phi) is 5.89. The first-order valence-corrected chi connectivity index (χ1v) is 11.3. The molecule has 182 valence electrons. The van der Waals surface area contributed by atoms with Gasteiger partial charge in [-0.1, -0.05) is 0 Å². The number of piperazine rings is 1. The summed E-state index contributed by atoms with van der Waals surface area (Å²) < 4.78 is 32.2. The average molecular weight is 480 g/mol. The number of rotatable bonds is 4. The predicted octanol–water partition coefficient (Wildman–Crippen LogP) is 4.49. The number of hydrogen-bond donors (Lipinski definition) is 1. The Morgan fingerprint density at radius 3 is 2.71 bits per heavy atom. The second kappa shape index (κ2) is 9.03. The molecule has 1 aliphatic heterocycles. The minimum Gasteiger partial charge on any atom is -0.493 e. The van der Waals surface area contributed by atoms with Gasteiger partial charge in [0, 0.05) is 48.3 Å². The lowest BCUT2D eigenvalue weighted by Crippen LogP contribution is -2.53. The van der Waals surface area contributed by atoms with E-state index in [1.54, 1.807) is 35.2 Å². The Labute approximate surface area is 201 Å². The van der Waals surface area contributed by atoms with Gasteiger partial charge in [0.1, 0.15) is 6.33 Å². The lowest BCUT2D eigenvalue weighted by molar-refractivity contribution is 0.0886. The molecule has 2 aromatic carbocycles. The van der Waals surface area contributed by atoms with Crippen molar-refractivity contribution in [3.8, 4) is 23.1 Å². The second-order valence-electron chi connectivity index (χ2n) is 8.76. The van der Waals surface area contributed by atoms with E-state index < -0.39 is 11.9 Å². The van der Waals surface area contributed by atoms with Gasteiger partial charge in [-0.15, -0.1) is 0 Å². The molecule has 1 saturated heterocycles. The topological polar surface area (TPSA) is 92.8 Å². The van der Waals surface area contributed by atoms with Crippen LogP contribution in [0.4, 0.5) is 9.18 Å². The molecule has 9 nitrogen and oxygen atoms in total. The van der Waals surface area contributed by atoms with Gasteiger partial charge in [0.25, 0.3) is 0 Å². The molecule has 0 saturated carbocycles. The number of methoxy groups -OCH3 is 1. The Morgan fingerprint density at radius 2 is 1.94 bits per heavy atom. The van der Waals surface area contributed by atoms with Crippen LogP contribution in [0.25, 0.3) is 21.8 Å². The number of hydrogen-bond acceptors (Lipinski definition) is 7. The maximum absolute atomic E-state index is 15.1. The van der Waals surface area contributed by atoms with Gasteiger partial charge in [0.2, 0.25) is 5.88 Å². The number of ether oxygens (including phenoxy) is 3. The lowest BCUT2D eigenvalue weighted by atomic mass is 10.2. The van der Waals surface area contributed by atoms with Crippen molar-refractivity contribution in [1.29, 1.82) is 0 Å². The van der Waals surface area contributed by atoms with E-state index in [-0.39, 0.29) is 23.4 Å². The van der Waals surface area contributed by atoms with Crippen molar-refractivity contribution >= 4 is 27.9 Å². The summed E-state index contributed by atoms with van der Waals surface area (Å²) >= 11 is 0. The molecule has 1 atom stereocenters. The van der Waals surface area contributed by atoms with E-state index in [0.29, 0.717) is 34.1 Å². The Bertz CT molecular complexity index is 1420. The van der Waals surface area contributed by atoms with Crippen LogP contribution in [0.3, 0.4) is 0 Å². The minimum absolute atomic E-state index is 0.00453. The number of nitrogens with zero attached hydrogens (tertiary/aromatic N) is 4. The quantitative estimate of drug-likeness (QED) is 0.461. The smallest absolute Gasteiger partial charge is 0.415 e. The van der Waals surface area contributed by atoms with E-state index in [9.17, 15) is 4.79 Å². The molecule has 3 heterocycles. The van der Waals surface area contributed by atoms with Crippen LogP contribution in [0.2, 0.25) is 0 Å². The third-order valence-electron chi connectivity index (χ3n) is 6.19. The van der Waals surface area contributed by atoms with Gasteiger partial charge in [0.15, 0.2) is 23.1 Å². The van der Waals surface area contributed by atoms with E-state index in [0.717, 1.165) is 18.8 Å². The summed E-state index contributed by atoms with van der Waals surface area (Å²) in [7, 11) is 3.50. The predicted molar refractivity (Wildman–Crippen MR) is 129 cm³/mol. The van der Waals surface area contributed by atoms with Crippen LogP contribution in [0, 0.1) is 12.7 Å². The number of likely N-dealkylation sites (N-methyl/N-ethyl adjacent to an activating group) is 1. The highest BCUT2D eigenvalue weighted by atomic mass is 19.1. The van der Waals surface area contributed by atoms with Gasteiger partial charge in [-0.25, -0.2) is 19.2 Å². The fourth-order valence-corrected chi connectivity index (χ4v) is 4.40. The summed E-state index contributed by atoms with van der Waals surface area (Å²) in [5, 5.41) is 0.878. The first-order valence-electron chi connectivity index (χ1n) is 11.3. The van der Waals surface area contributed by atoms with E-state index in [2.05, 4.69) is 19.9 Å². The maximum Gasteiger partial charge on any atom is 0.415 e. The van der Waals surface area contributed by atoms with Crippen molar-refractivity contribution < 1.29 is 23.4 Å². The zero-order valence-corrected chi connectivity index (χ0v) is 20.0. The van der Waals surface area contributed by atoms with Crippen LogP contribution in [0.5, 0.6) is 23.1 Å². The first-order chi connectivity index (χ1) is 16.8. The summed E-state index contributed by atoms with van der Waals surface area (Å²) in [6, 6.07) is 8.23. The number of carbonyl (C=O) groups is 1. The number of benzene rings is 2. The number of halogens is 1. The number of H-pyrrole nitrogens is 1. The zero-order chi connectivity index (χ0) is 24.7. The largest absolute Gasteiger partial charge is 0.493 e. The Morgan fingerprint density at radius 1 is 1.11 bits per heavy atom. The lowest BCUT2D eigenvalue weighted by Gasteiger charge is -2.37. The minimum atomic E-state index is -0.497. The Hall–Kier alpha value is -3.92. The van der Waals surface area contributed by atoms with Crippen LogP contribution in [-0.2, 0) is 0 Å². The monoisotopic (exact) mass is 479 g/mol. The van der Waals surface area contributed by atoms with Gasteiger partial charge in [-0.2, -0.15) is 0 Å². The van der Waals surface area contributed by atoms with Crippen molar-refractivity contribution in [3.05, 3.63) is 48.2 Å². The zero-order valence-electron chi connectivity index (χ0n) is 20.0. The first kappa shape index (κ1) is 22.9. The molecule has 0 bridgehead atoms. The van der Waals surface area contributed by atoms with E-state index in [4.69, 9.17) is 14.2 Å². The molecule has 0 aliphatic carbocycles. The van der Waals surface area contributed by atoms with Crippen LogP contribution in [0.15, 0.2) is 36.7 Å². The molecule has 4 aromatic rings. The number of amides is 1. The second-order valence-corrected chi connectivity index (χ2v) is 8.76. The van der Waals surface area contributed by atoms with Crippen LogP contribution >= 0.6 is 0 Å². The molecule has 1 N–H and O–H groups in total. The van der Waals surface area contributed by atoms with Crippen molar-refractivity contribution in [1.82, 2.24) is 24.8 Å². The van der Waals surface area contributed by atoms with Gasteiger partial charge < -0.3 is 29.0 Å². The molecule has 0 spiro atoms. The molecule has 10 heteroatoms. The van der Waals surface area contributed by atoms with Gasteiger partial charge in [0.05, 0.1) is 18.0 Å². The highest BCUT2D eigenvalue weighted by molar-refractivity contribution is 5.88. The van der Waals surface area contributed by atoms with Crippen molar-refractivity contribution in [2.24, 2.45) is 0 Å². The molecule has 1 aliphatic rings. The third kappa shape index (κ3) is 4.32. The number of aromatic nitrogens is 3. The van der Waals surface area contributed by atoms with Crippen molar-refractivity contribution in [2.75, 3.05) is 33.8 Å². The molecule has 35 heavy (non-hydrogen) atoms. The third-order valence-corrected chi connectivity index (χ3v) is 6.19. The van der Waals surface area contributed by atoms with Gasteiger partial charge in [-0.3, -0.25) is 0 Å². The highest BCUT2D eigenvalue weighted by Crippen LogP contribution is 2.37. The number of carbonyl (C=O) groups excluding carboxylic acids is 1.